The van der Waals surface area contributed by atoms with Gasteiger partial charge in [0.15, 0.2) is 11.5 Å². The molecule has 1 fully saturated rings. The molecular formula is C16H25ClN2O2. The van der Waals surface area contributed by atoms with Gasteiger partial charge < -0.3 is 15.2 Å². The van der Waals surface area contributed by atoms with Gasteiger partial charge in [-0.3, -0.25) is 4.90 Å². The Kier molecular flexibility index (Phi) is 6.15. The van der Waals surface area contributed by atoms with Crippen LogP contribution in [-0.4, -0.2) is 38.3 Å². The molecule has 1 saturated heterocycles. The maximum atomic E-state index is 6.38. The smallest absolute Gasteiger partial charge is 0.162 e. The molecule has 2 rings (SSSR count). The van der Waals surface area contributed by atoms with Crippen molar-refractivity contribution in [1.29, 1.82) is 0 Å². The molecule has 21 heavy (non-hydrogen) atoms. The third-order valence-corrected chi connectivity index (χ3v) is 4.31. The zero-order valence-corrected chi connectivity index (χ0v) is 13.7. The third-order valence-electron chi connectivity index (χ3n) is 3.96. The molecule has 0 spiro atoms. The second-order valence-corrected chi connectivity index (χ2v) is 5.91. The maximum absolute atomic E-state index is 6.38. The van der Waals surface area contributed by atoms with Crippen molar-refractivity contribution in [2.75, 3.05) is 33.4 Å². The molecule has 2 N–H and O–H groups in total. The quantitative estimate of drug-likeness (QED) is 0.877. The first-order chi connectivity index (χ1) is 10.2. The molecule has 1 heterocycles. The Balaban J connectivity index is 2.13. The van der Waals surface area contributed by atoms with E-state index in [0.717, 1.165) is 42.5 Å². The normalized spacial score (nSPS) is 19.5. The van der Waals surface area contributed by atoms with Crippen LogP contribution in [0.15, 0.2) is 12.1 Å². The van der Waals surface area contributed by atoms with Crippen molar-refractivity contribution < 1.29 is 9.47 Å². The number of hydrogen-bond acceptors (Lipinski definition) is 4. The van der Waals surface area contributed by atoms with Gasteiger partial charge in [-0.1, -0.05) is 11.6 Å². The van der Waals surface area contributed by atoms with Crippen LogP contribution < -0.4 is 15.2 Å². The molecule has 1 atom stereocenters. The number of nitrogens with two attached hydrogens (primary N) is 1. The summed E-state index contributed by atoms with van der Waals surface area (Å²) in [5.74, 6) is 2.04. The van der Waals surface area contributed by atoms with Gasteiger partial charge in [0.25, 0.3) is 0 Å². The van der Waals surface area contributed by atoms with Gasteiger partial charge in [-0.15, -0.1) is 0 Å². The summed E-state index contributed by atoms with van der Waals surface area (Å²) < 4.78 is 11.0. The number of halogens is 1. The average Bonchev–Trinajstić information content (AvgIpc) is 2.50. The number of ether oxygens (including phenoxy) is 2. The van der Waals surface area contributed by atoms with E-state index < -0.39 is 0 Å². The predicted molar refractivity (Wildman–Crippen MR) is 86.2 cm³/mol. The van der Waals surface area contributed by atoms with E-state index in [9.17, 15) is 0 Å². The van der Waals surface area contributed by atoms with Crippen molar-refractivity contribution in [1.82, 2.24) is 4.90 Å². The molecule has 1 aliphatic rings. The molecule has 0 aliphatic carbocycles. The number of piperidine rings is 1. The van der Waals surface area contributed by atoms with Crippen LogP contribution in [0.5, 0.6) is 11.5 Å². The minimum Gasteiger partial charge on any atom is -0.493 e. The Labute approximate surface area is 132 Å². The van der Waals surface area contributed by atoms with Crippen molar-refractivity contribution >= 4 is 11.6 Å². The number of likely N-dealkylation sites (tertiary alicyclic amines) is 1. The number of benzene rings is 1. The molecule has 4 nitrogen and oxygen atoms in total. The summed E-state index contributed by atoms with van der Waals surface area (Å²) in [5, 5.41) is 0.727. The van der Waals surface area contributed by atoms with E-state index in [-0.39, 0.29) is 0 Å². The fourth-order valence-electron chi connectivity index (χ4n) is 2.85. The zero-order valence-electron chi connectivity index (χ0n) is 12.9. The molecule has 0 radical (unpaired) electrons. The Morgan fingerprint density at radius 1 is 1.38 bits per heavy atom. The second-order valence-electron chi connectivity index (χ2n) is 5.51. The summed E-state index contributed by atoms with van der Waals surface area (Å²) in [6.07, 6.45) is 2.43. The van der Waals surface area contributed by atoms with Crippen LogP contribution in [0.1, 0.15) is 25.3 Å². The monoisotopic (exact) mass is 312 g/mol. The molecule has 5 heteroatoms. The minimum absolute atomic E-state index is 0.599. The number of methoxy groups -OCH3 is 1. The highest BCUT2D eigenvalue weighted by Crippen LogP contribution is 2.34. The van der Waals surface area contributed by atoms with Crippen LogP contribution in [0.4, 0.5) is 0 Å². The predicted octanol–water partition coefficient (Wildman–Crippen LogP) is 2.92. The van der Waals surface area contributed by atoms with Crippen molar-refractivity contribution in [3.05, 3.63) is 22.7 Å². The minimum atomic E-state index is 0.599. The molecule has 1 aliphatic heterocycles. The summed E-state index contributed by atoms with van der Waals surface area (Å²) >= 11 is 6.38. The van der Waals surface area contributed by atoms with Crippen LogP contribution >= 0.6 is 11.6 Å². The number of hydrogen-bond donors (Lipinski definition) is 1. The number of nitrogens with zero attached hydrogens (tertiary/aromatic N) is 1. The Hall–Kier alpha value is -0.970. The van der Waals surface area contributed by atoms with Crippen molar-refractivity contribution in [2.24, 2.45) is 11.7 Å². The van der Waals surface area contributed by atoms with Crippen LogP contribution in [0.2, 0.25) is 5.02 Å². The standard InChI is InChI=1S/C16H25ClN2O2/c1-3-21-16-7-13(14(17)8-15(16)20-2)11-19-6-4-5-12(9-18)10-19/h7-8,12H,3-6,9-11,18H2,1-2H3. The van der Waals surface area contributed by atoms with E-state index in [2.05, 4.69) is 4.90 Å². The highest BCUT2D eigenvalue weighted by molar-refractivity contribution is 6.31. The molecular weight excluding hydrogens is 288 g/mol. The first kappa shape index (κ1) is 16.4. The molecule has 0 saturated carbocycles. The van der Waals surface area contributed by atoms with Gasteiger partial charge in [0.1, 0.15) is 0 Å². The lowest BCUT2D eigenvalue weighted by Gasteiger charge is -2.32. The molecule has 118 valence electrons. The van der Waals surface area contributed by atoms with Crippen LogP contribution in [-0.2, 0) is 6.54 Å². The van der Waals surface area contributed by atoms with Gasteiger partial charge in [0.2, 0.25) is 0 Å². The van der Waals surface area contributed by atoms with E-state index in [0.29, 0.717) is 18.3 Å². The van der Waals surface area contributed by atoms with Gasteiger partial charge in [0, 0.05) is 24.2 Å². The van der Waals surface area contributed by atoms with Crippen LogP contribution in [0.25, 0.3) is 0 Å². The SMILES string of the molecule is CCOc1cc(CN2CCCC(CN)C2)c(Cl)cc1OC. The molecule has 0 aromatic heterocycles. The summed E-state index contributed by atoms with van der Waals surface area (Å²) in [7, 11) is 1.63. The first-order valence-corrected chi connectivity index (χ1v) is 7.97. The molecule has 0 amide bonds. The van der Waals surface area contributed by atoms with Gasteiger partial charge in [-0.2, -0.15) is 0 Å². The maximum Gasteiger partial charge on any atom is 0.162 e. The van der Waals surface area contributed by atoms with Gasteiger partial charge in [-0.25, -0.2) is 0 Å². The van der Waals surface area contributed by atoms with E-state index in [1.165, 1.54) is 12.8 Å². The summed E-state index contributed by atoms with van der Waals surface area (Å²) in [4.78, 5) is 2.42. The first-order valence-electron chi connectivity index (χ1n) is 7.59. The van der Waals surface area contributed by atoms with E-state index >= 15 is 0 Å². The van der Waals surface area contributed by atoms with Gasteiger partial charge >= 0.3 is 0 Å². The van der Waals surface area contributed by atoms with Crippen LogP contribution in [0.3, 0.4) is 0 Å². The largest absolute Gasteiger partial charge is 0.493 e. The number of rotatable bonds is 6. The van der Waals surface area contributed by atoms with Crippen molar-refractivity contribution in [3.63, 3.8) is 0 Å². The lowest BCUT2D eigenvalue weighted by atomic mass is 9.98. The summed E-state index contributed by atoms with van der Waals surface area (Å²) in [6.45, 7) is 6.31. The summed E-state index contributed by atoms with van der Waals surface area (Å²) in [5.41, 5.74) is 6.88. The highest BCUT2D eigenvalue weighted by Gasteiger charge is 2.20. The molecule has 1 aromatic rings. The Morgan fingerprint density at radius 2 is 2.19 bits per heavy atom. The van der Waals surface area contributed by atoms with Gasteiger partial charge in [0.05, 0.1) is 13.7 Å². The highest BCUT2D eigenvalue weighted by atomic mass is 35.5. The average molecular weight is 313 g/mol. The topological polar surface area (TPSA) is 47.7 Å². The fourth-order valence-corrected chi connectivity index (χ4v) is 3.07. The summed E-state index contributed by atoms with van der Waals surface area (Å²) in [6, 6.07) is 3.84. The van der Waals surface area contributed by atoms with Crippen molar-refractivity contribution in [3.8, 4) is 11.5 Å². The Morgan fingerprint density at radius 3 is 2.86 bits per heavy atom. The van der Waals surface area contributed by atoms with E-state index in [1.54, 1.807) is 7.11 Å². The third kappa shape index (κ3) is 4.25. The van der Waals surface area contributed by atoms with E-state index in [1.807, 2.05) is 19.1 Å². The van der Waals surface area contributed by atoms with Gasteiger partial charge in [-0.05, 0) is 50.4 Å². The molecule has 1 aromatic carbocycles. The molecule has 0 bridgehead atoms. The van der Waals surface area contributed by atoms with Crippen molar-refractivity contribution in [2.45, 2.75) is 26.3 Å². The fraction of sp³-hybridized carbons (Fsp3) is 0.625. The lowest BCUT2D eigenvalue weighted by molar-refractivity contribution is 0.171. The van der Waals surface area contributed by atoms with Crippen LogP contribution in [0, 0.1) is 5.92 Å². The molecule has 1 unspecified atom stereocenters. The lowest BCUT2D eigenvalue weighted by Crippen LogP contribution is -2.37. The zero-order chi connectivity index (χ0) is 15.2. The Bertz CT molecular complexity index is 468. The second kappa shape index (κ2) is 7.87. The van der Waals surface area contributed by atoms with E-state index in [4.69, 9.17) is 26.8 Å².